The Morgan fingerprint density at radius 3 is 2.42 bits per heavy atom. The van der Waals surface area contributed by atoms with Gasteiger partial charge in [-0.1, -0.05) is 0 Å². The fraction of sp³-hybridized carbons (Fsp3) is 0.455. The third kappa shape index (κ3) is 5.23. The lowest BCUT2D eigenvalue weighted by Crippen LogP contribution is -2.45. The lowest BCUT2D eigenvalue weighted by Gasteiger charge is -2.20. The van der Waals surface area contributed by atoms with E-state index in [-0.39, 0.29) is 11.4 Å². The Hall–Kier alpha value is -1.67. The highest BCUT2D eigenvalue weighted by Gasteiger charge is 2.18. The first-order valence-corrected chi connectivity index (χ1v) is 7.08. The van der Waals surface area contributed by atoms with Crippen LogP contribution in [0.2, 0.25) is 0 Å². The Kier molecular flexibility index (Phi) is 4.48. The summed E-state index contributed by atoms with van der Waals surface area (Å²) < 4.78 is 25.8. The molecule has 0 aliphatic carbocycles. The molecule has 3 N–H and O–H groups in total. The fourth-order valence-corrected chi connectivity index (χ4v) is 2.22. The van der Waals surface area contributed by atoms with Crippen molar-refractivity contribution in [3.05, 3.63) is 28.7 Å². The van der Waals surface area contributed by atoms with E-state index in [1.807, 2.05) is 0 Å². The van der Waals surface area contributed by atoms with E-state index in [4.69, 9.17) is 0 Å². The van der Waals surface area contributed by atoms with Crippen LogP contribution in [0.15, 0.2) is 28.0 Å². The third-order valence-corrected chi connectivity index (χ3v) is 3.40. The molecule has 0 fully saturated rings. The van der Waals surface area contributed by atoms with E-state index in [2.05, 4.69) is 15.0 Å². The van der Waals surface area contributed by atoms with Crippen LogP contribution < -0.4 is 15.6 Å². The number of hydrogen-bond acceptors (Lipinski definition) is 4. The Morgan fingerprint density at radius 1 is 1.32 bits per heavy atom. The van der Waals surface area contributed by atoms with Gasteiger partial charge in [-0.15, -0.1) is 0 Å². The molecule has 1 heterocycles. The van der Waals surface area contributed by atoms with Gasteiger partial charge >= 0.3 is 0 Å². The molecule has 0 aliphatic rings. The molecule has 1 aromatic heterocycles. The second kappa shape index (κ2) is 5.54. The average Bonchev–Trinajstić information content (AvgIpc) is 2.25. The summed E-state index contributed by atoms with van der Waals surface area (Å²) in [6, 6.07) is 2.27. The summed E-state index contributed by atoms with van der Waals surface area (Å²) in [6.45, 7) is 5.02. The highest BCUT2D eigenvalue weighted by Crippen LogP contribution is 2.03. The quantitative estimate of drug-likeness (QED) is 0.698. The van der Waals surface area contributed by atoms with Crippen molar-refractivity contribution in [1.29, 1.82) is 0 Å². The summed E-state index contributed by atoms with van der Waals surface area (Å²) in [7, 11) is -3.81. The van der Waals surface area contributed by atoms with Crippen molar-refractivity contribution >= 4 is 15.9 Å². The number of amides is 1. The maximum absolute atomic E-state index is 11.8. The highest BCUT2D eigenvalue weighted by molar-refractivity contribution is 7.89. The van der Waals surface area contributed by atoms with Gasteiger partial charge in [0.05, 0.1) is 11.4 Å². The molecule has 106 valence electrons. The van der Waals surface area contributed by atoms with E-state index in [1.54, 1.807) is 20.8 Å². The standard InChI is InChI=1S/C11H17N3O4S/c1-11(2,3)14-10(16)7-13-19(17,18)8-4-5-9(15)12-6-8/h4-6,13H,7H2,1-3H3,(H,12,15)(H,14,16). The third-order valence-electron chi connectivity index (χ3n) is 2.00. The van der Waals surface area contributed by atoms with Crippen LogP contribution in [0.1, 0.15) is 20.8 Å². The Bertz CT molecular complexity index is 593. The van der Waals surface area contributed by atoms with Crippen LogP contribution in [0.4, 0.5) is 0 Å². The molecular weight excluding hydrogens is 270 g/mol. The van der Waals surface area contributed by atoms with Crippen LogP contribution in [-0.2, 0) is 14.8 Å². The maximum Gasteiger partial charge on any atom is 0.247 e. The van der Waals surface area contributed by atoms with Crippen LogP contribution >= 0.6 is 0 Å². The normalized spacial score (nSPS) is 12.2. The molecule has 0 saturated heterocycles. The van der Waals surface area contributed by atoms with E-state index in [1.165, 1.54) is 6.07 Å². The number of hydrogen-bond donors (Lipinski definition) is 3. The molecule has 8 heteroatoms. The van der Waals surface area contributed by atoms with Gasteiger partial charge in [-0.2, -0.15) is 0 Å². The van der Waals surface area contributed by atoms with E-state index >= 15 is 0 Å². The zero-order chi connectivity index (χ0) is 14.7. The molecule has 0 aromatic carbocycles. The summed E-state index contributed by atoms with van der Waals surface area (Å²) >= 11 is 0. The summed E-state index contributed by atoms with van der Waals surface area (Å²) in [5.41, 5.74) is -0.829. The fourth-order valence-electron chi connectivity index (χ4n) is 1.27. The number of sulfonamides is 1. The first-order chi connectivity index (χ1) is 8.60. The SMILES string of the molecule is CC(C)(C)NC(=O)CNS(=O)(=O)c1ccc(=O)[nH]c1. The molecule has 19 heavy (non-hydrogen) atoms. The average molecular weight is 287 g/mol. The molecule has 1 aromatic rings. The van der Waals surface area contributed by atoms with Crippen molar-refractivity contribution in [1.82, 2.24) is 15.0 Å². The van der Waals surface area contributed by atoms with Gasteiger partial charge in [0, 0.05) is 17.8 Å². The van der Waals surface area contributed by atoms with E-state index < -0.39 is 27.0 Å². The van der Waals surface area contributed by atoms with Crippen molar-refractivity contribution in [2.24, 2.45) is 0 Å². The van der Waals surface area contributed by atoms with Crippen molar-refractivity contribution < 1.29 is 13.2 Å². The van der Waals surface area contributed by atoms with Crippen molar-refractivity contribution in [3.63, 3.8) is 0 Å². The smallest absolute Gasteiger partial charge is 0.247 e. The molecule has 0 spiro atoms. The molecule has 1 amide bonds. The molecule has 1 rings (SSSR count). The lowest BCUT2D eigenvalue weighted by atomic mass is 10.1. The number of pyridine rings is 1. The largest absolute Gasteiger partial charge is 0.350 e. The van der Waals surface area contributed by atoms with Crippen LogP contribution in [-0.4, -0.2) is 31.4 Å². The molecular formula is C11H17N3O4S. The van der Waals surface area contributed by atoms with Crippen LogP contribution in [0.5, 0.6) is 0 Å². The van der Waals surface area contributed by atoms with Gasteiger partial charge in [0.15, 0.2) is 0 Å². The van der Waals surface area contributed by atoms with Gasteiger partial charge in [-0.25, -0.2) is 13.1 Å². The van der Waals surface area contributed by atoms with Gasteiger partial charge in [-0.05, 0) is 26.8 Å². The summed E-state index contributed by atoms with van der Waals surface area (Å²) in [5, 5.41) is 2.63. The van der Waals surface area contributed by atoms with Gasteiger partial charge in [-0.3, -0.25) is 9.59 Å². The monoisotopic (exact) mass is 287 g/mol. The Morgan fingerprint density at radius 2 is 1.95 bits per heavy atom. The van der Waals surface area contributed by atoms with Crippen LogP contribution in [0, 0.1) is 0 Å². The first-order valence-electron chi connectivity index (χ1n) is 5.59. The minimum Gasteiger partial charge on any atom is -0.350 e. The topological polar surface area (TPSA) is 108 Å². The van der Waals surface area contributed by atoms with E-state index in [0.717, 1.165) is 12.3 Å². The number of carbonyl (C=O) groups excluding carboxylic acids is 1. The molecule has 0 bridgehead atoms. The second-order valence-corrected chi connectivity index (χ2v) is 6.78. The Balaban J connectivity index is 2.69. The summed E-state index contributed by atoms with van der Waals surface area (Å²) in [6.07, 6.45) is 1.08. The minimum absolute atomic E-state index is 0.101. The highest BCUT2D eigenvalue weighted by atomic mass is 32.2. The van der Waals surface area contributed by atoms with E-state index in [0.29, 0.717) is 0 Å². The predicted molar refractivity (Wildman–Crippen MR) is 70.1 cm³/mol. The molecule has 7 nitrogen and oxygen atoms in total. The molecule has 0 unspecified atom stereocenters. The number of H-pyrrole nitrogens is 1. The van der Waals surface area contributed by atoms with Gasteiger partial charge in [0.1, 0.15) is 0 Å². The maximum atomic E-state index is 11.8. The lowest BCUT2D eigenvalue weighted by molar-refractivity contribution is -0.121. The van der Waals surface area contributed by atoms with Crippen molar-refractivity contribution in [2.45, 2.75) is 31.2 Å². The first kappa shape index (κ1) is 15.4. The predicted octanol–water partition coefficient (Wildman–Crippen LogP) is -0.432. The number of nitrogens with one attached hydrogen (secondary N) is 3. The number of aromatic nitrogens is 1. The molecule has 0 atom stereocenters. The van der Waals surface area contributed by atoms with Crippen LogP contribution in [0.25, 0.3) is 0 Å². The molecule has 0 aliphatic heterocycles. The molecule has 0 radical (unpaired) electrons. The summed E-state index contributed by atoms with van der Waals surface area (Å²) in [4.78, 5) is 24.5. The minimum atomic E-state index is -3.81. The van der Waals surface area contributed by atoms with Crippen molar-refractivity contribution in [3.8, 4) is 0 Å². The van der Waals surface area contributed by atoms with E-state index in [9.17, 15) is 18.0 Å². The van der Waals surface area contributed by atoms with Gasteiger partial charge < -0.3 is 10.3 Å². The number of carbonyl (C=O) groups is 1. The van der Waals surface area contributed by atoms with Gasteiger partial charge in [0.2, 0.25) is 21.5 Å². The zero-order valence-electron chi connectivity index (χ0n) is 11.0. The molecule has 0 saturated carbocycles. The summed E-state index contributed by atoms with van der Waals surface area (Å²) in [5.74, 6) is -0.430. The number of aromatic amines is 1. The van der Waals surface area contributed by atoms with Gasteiger partial charge in [0.25, 0.3) is 0 Å². The number of rotatable bonds is 4. The second-order valence-electron chi connectivity index (χ2n) is 5.01. The van der Waals surface area contributed by atoms with Crippen molar-refractivity contribution in [2.75, 3.05) is 6.54 Å². The Labute approximate surface area is 111 Å². The zero-order valence-corrected chi connectivity index (χ0v) is 11.8. The van der Waals surface area contributed by atoms with Crippen LogP contribution in [0.3, 0.4) is 0 Å².